The summed E-state index contributed by atoms with van der Waals surface area (Å²) in [7, 11) is -2.92. The number of nitrogens with zero attached hydrogens (tertiary/aromatic N) is 2. The largest absolute Gasteiger partial charge is 0.339 e. The fraction of sp³-hybridized carbons (Fsp3) is 0.833. The van der Waals surface area contributed by atoms with Gasteiger partial charge in [0, 0.05) is 12.5 Å². The maximum atomic E-state index is 11.5. The Labute approximate surface area is 112 Å². The molecule has 19 heavy (non-hydrogen) atoms. The van der Waals surface area contributed by atoms with E-state index in [1.807, 2.05) is 0 Å². The van der Waals surface area contributed by atoms with Gasteiger partial charge in [-0.05, 0) is 19.3 Å². The molecule has 7 heteroatoms. The Balaban J connectivity index is 1.84. The van der Waals surface area contributed by atoms with Crippen LogP contribution in [0.5, 0.6) is 0 Å². The molecular formula is C12H19N3O3S. The van der Waals surface area contributed by atoms with Gasteiger partial charge in [0.25, 0.3) is 0 Å². The smallest absolute Gasteiger partial charge is 0.234 e. The summed E-state index contributed by atoms with van der Waals surface area (Å²) in [6.45, 7) is 0.512. The summed E-state index contributed by atoms with van der Waals surface area (Å²) in [4.78, 5) is 4.46. The first-order valence-corrected chi connectivity index (χ1v) is 8.61. The van der Waals surface area contributed by atoms with Gasteiger partial charge in [-0.3, -0.25) is 0 Å². The van der Waals surface area contributed by atoms with Crippen LogP contribution in [-0.4, -0.2) is 36.6 Å². The maximum absolute atomic E-state index is 11.5. The van der Waals surface area contributed by atoms with Crippen LogP contribution in [0.15, 0.2) is 4.52 Å². The summed E-state index contributed by atoms with van der Waals surface area (Å²) in [5.41, 5.74) is 5.71. The minimum absolute atomic E-state index is 0.112. The lowest BCUT2D eigenvalue weighted by Crippen LogP contribution is -2.32. The Bertz CT molecular complexity index is 561. The van der Waals surface area contributed by atoms with Crippen LogP contribution in [0, 0.1) is 0 Å². The van der Waals surface area contributed by atoms with Crippen LogP contribution in [0.1, 0.15) is 49.7 Å². The van der Waals surface area contributed by atoms with E-state index in [4.69, 9.17) is 10.3 Å². The second-order valence-corrected chi connectivity index (χ2v) is 7.98. The maximum Gasteiger partial charge on any atom is 0.234 e. The first kappa shape index (κ1) is 13.1. The molecule has 1 unspecified atom stereocenters. The summed E-state index contributed by atoms with van der Waals surface area (Å²) < 4.78 is 28.4. The second-order valence-electron chi connectivity index (χ2n) is 5.75. The number of sulfone groups is 1. The number of aromatic nitrogens is 2. The zero-order valence-electron chi connectivity index (χ0n) is 10.8. The number of hydrogen-bond donors (Lipinski definition) is 1. The van der Waals surface area contributed by atoms with E-state index < -0.39 is 9.84 Å². The molecule has 2 heterocycles. The first-order chi connectivity index (χ1) is 9.05. The molecule has 0 bridgehead atoms. The van der Waals surface area contributed by atoms with Crippen molar-refractivity contribution in [1.82, 2.24) is 10.1 Å². The summed E-state index contributed by atoms with van der Waals surface area (Å²) in [6.07, 6.45) is 4.82. The molecule has 0 spiro atoms. The van der Waals surface area contributed by atoms with Crippen molar-refractivity contribution >= 4 is 9.84 Å². The predicted molar refractivity (Wildman–Crippen MR) is 69.5 cm³/mol. The fourth-order valence-corrected chi connectivity index (χ4v) is 4.91. The molecule has 1 aliphatic carbocycles. The molecule has 6 nitrogen and oxygen atoms in total. The van der Waals surface area contributed by atoms with E-state index in [0.29, 0.717) is 24.7 Å². The van der Waals surface area contributed by atoms with E-state index in [1.54, 1.807) is 0 Å². The van der Waals surface area contributed by atoms with Gasteiger partial charge in [0.05, 0.1) is 16.9 Å². The second kappa shape index (κ2) is 4.56. The molecule has 2 N–H and O–H groups in total. The minimum atomic E-state index is -2.92. The lowest BCUT2D eigenvalue weighted by atomic mass is 9.86. The van der Waals surface area contributed by atoms with Crippen molar-refractivity contribution in [2.75, 3.05) is 18.1 Å². The van der Waals surface area contributed by atoms with E-state index >= 15 is 0 Å². The van der Waals surface area contributed by atoms with Crippen LogP contribution >= 0.6 is 0 Å². The normalized spacial score (nSPS) is 28.8. The molecule has 0 aromatic carbocycles. The molecular weight excluding hydrogens is 266 g/mol. The third kappa shape index (κ3) is 2.29. The van der Waals surface area contributed by atoms with Gasteiger partial charge >= 0.3 is 0 Å². The van der Waals surface area contributed by atoms with Gasteiger partial charge in [-0.15, -0.1) is 0 Å². The molecule has 0 radical (unpaired) electrons. The van der Waals surface area contributed by atoms with Crippen molar-refractivity contribution < 1.29 is 12.9 Å². The summed E-state index contributed by atoms with van der Waals surface area (Å²) in [5.74, 6) is 1.40. The molecule has 2 fully saturated rings. The van der Waals surface area contributed by atoms with Crippen LogP contribution in [0.3, 0.4) is 0 Å². The SMILES string of the molecule is NCC1(c2nc(C3CCS(=O)(=O)C3)no2)CCCC1. The van der Waals surface area contributed by atoms with Crippen LogP contribution in [0.25, 0.3) is 0 Å². The molecule has 2 aliphatic rings. The zero-order chi connectivity index (χ0) is 13.5. The van der Waals surface area contributed by atoms with Gasteiger partial charge in [0.2, 0.25) is 5.89 Å². The Morgan fingerprint density at radius 1 is 1.37 bits per heavy atom. The molecule has 1 aliphatic heterocycles. The van der Waals surface area contributed by atoms with Crippen molar-refractivity contribution in [3.05, 3.63) is 11.7 Å². The standard InChI is InChI=1S/C12H19N3O3S/c13-8-12(4-1-2-5-12)11-14-10(15-18-11)9-3-6-19(16,17)7-9/h9H,1-8,13H2. The highest BCUT2D eigenvalue weighted by molar-refractivity contribution is 7.91. The quantitative estimate of drug-likeness (QED) is 0.879. The summed E-state index contributed by atoms with van der Waals surface area (Å²) >= 11 is 0. The average Bonchev–Trinajstić information content (AvgIpc) is 3.06. The molecule has 1 saturated carbocycles. The number of rotatable bonds is 3. The van der Waals surface area contributed by atoms with Crippen molar-refractivity contribution in [1.29, 1.82) is 0 Å². The van der Waals surface area contributed by atoms with Crippen molar-refractivity contribution in [3.8, 4) is 0 Å². The highest BCUT2D eigenvalue weighted by atomic mass is 32.2. The van der Waals surface area contributed by atoms with Crippen molar-refractivity contribution in [2.24, 2.45) is 5.73 Å². The van der Waals surface area contributed by atoms with Gasteiger partial charge in [-0.25, -0.2) is 8.42 Å². The lowest BCUT2D eigenvalue weighted by molar-refractivity contribution is 0.282. The van der Waals surface area contributed by atoms with E-state index in [0.717, 1.165) is 25.7 Å². The van der Waals surface area contributed by atoms with E-state index in [2.05, 4.69) is 10.1 Å². The van der Waals surface area contributed by atoms with Gasteiger partial charge in [-0.1, -0.05) is 18.0 Å². The van der Waals surface area contributed by atoms with Gasteiger partial charge < -0.3 is 10.3 Å². The molecule has 1 saturated heterocycles. The van der Waals surface area contributed by atoms with Crippen LogP contribution < -0.4 is 5.73 Å². The molecule has 3 rings (SSSR count). The number of hydrogen-bond acceptors (Lipinski definition) is 6. The van der Waals surface area contributed by atoms with Gasteiger partial charge in [0.1, 0.15) is 0 Å². The van der Waals surface area contributed by atoms with Crippen LogP contribution in [-0.2, 0) is 15.3 Å². The van der Waals surface area contributed by atoms with Gasteiger partial charge in [0.15, 0.2) is 15.7 Å². The first-order valence-electron chi connectivity index (χ1n) is 6.79. The third-order valence-electron chi connectivity index (χ3n) is 4.44. The Morgan fingerprint density at radius 3 is 2.68 bits per heavy atom. The fourth-order valence-electron chi connectivity index (χ4n) is 3.17. The Hall–Kier alpha value is -0.950. The van der Waals surface area contributed by atoms with Gasteiger partial charge in [-0.2, -0.15) is 4.98 Å². The Morgan fingerprint density at radius 2 is 2.11 bits per heavy atom. The summed E-state index contributed by atoms with van der Waals surface area (Å²) in [5, 5.41) is 4.00. The topological polar surface area (TPSA) is 99.1 Å². The lowest BCUT2D eigenvalue weighted by Gasteiger charge is -2.21. The third-order valence-corrected chi connectivity index (χ3v) is 6.21. The molecule has 1 atom stereocenters. The number of nitrogens with two attached hydrogens (primary N) is 1. The van der Waals surface area contributed by atoms with Crippen molar-refractivity contribution in [2.45, 2.75) is 43.4 Å². The monoisotopic (exact) mass is 285 g/mol. The minimum Gasteiger partial charge on any atom is -0.339 e. The highest BCUT2D eigenvalue weighted by Gasteiger charge is 2.41. The highest BCUT2D eigenvalue weighted by Crippen LogP contribution is 2.40. The van der Waals surface area contributed by atoms with Crippen molar-refractivity contribution in [3.63, 3.8) is 0 Å². The zero-order valence-corrected chi connectivity index (χ0v) is 11.7. The van der Waals surface area contributed by atoms with E-state index in [9.17, 15) is 8.42 Å². The molecule has 1 aromatic rings. The van der Waals surface area contributed by atoms with E-state index in [1.165, 1.54) is 0 Å². The molecule has 0 amide bonds. The van der Waals surface area contributed by atoms with Crippen LogP contribution in [0.2, 0.25) is 0 Å². The Kier molecular flexibility index (Phi) is 3.13. The van der Waals surface area contributed by atoms with E-state index in [-0.39, 0.29) is 22.8 Å². The average molecular weight is 285 g/mol. The van der Waals surface area contributed by atoms with Crippen LogP contribution in [0.4, 0.5) is 0 Å². The summed E-state index contributed by atoms with van der Waals surface area (Å²) in [6, 6.07) is 0. The predicted octanol–water partition coefficient (Wildman–Crippen LogP) is 0.742. The molecule has 1 aromatic heterocycles. The molecule has 106 valence electrons.